The molecule has 1 aromatic heterocycles. The molecule has 27 heavy (non-hydrogen) atoms. The second kappa shape index (κ2) is 8.41. The lowest BCUT2D eigenvalue weighted by Crippen LogP contribution is -2.41. The summed E-state index contributed by atoms with van der Waals surface area (Å²) >= 11 is 0. The second-order valence-corrected chi connectivity index (χ2v) is 8.18. The topological polar surface area (TPSA) is 28.6 Å². The van der Waals surface area contributed by atoms with E-state index in [9.17, 15) is 0 Å². The summed E-state index contributed by atoms with van der Waals surface area (Å²) in [6, 6.07) is 13.6. The van der Waals surface area contributed by atoms with Crippen molar-refractivity contribution in [2.45, 2.75) is 58.3 Å². The zero-order chi connectivity index (χ0) is 18.6. The number of likely N-dealkylation sites (tertiary alicyclic amines) is 1. The van der Waals surface area contributed by atoms with Gasteiger partial charge in [-0.3, -0.25) is 4.90 Å². The summed E-state index contributed by atoms with van der Waals surface area (Å²) in [7, 11) is 0. The van der Waals surface area contributed by atoms with Gasteiger partial charge in [0.2, 0.25) is 5.88 Å². The fourth-order valence-electron chi connectivity index (χ4n) is 4.20. The third-order valence-electron chi connectivity index (χ3n) is 5.91. The predicted molar refractivity (Wildman–Crippen MR) is 109 cm³/mol. The molecule has 3 heterocycles. The Morgan fingerprint density at radius 1 is 1.04 bits per heavy atom. The molecule has 0 bridgehead atoms. The van der Waals surface area contributed by atoms with Gasteiger partial charge in [-0.25, -0.2) is 4.98 Å². The Morgan fingerprint density at radius 3 is 2.52 bits per heavy atom. The maximum atomic E-state index is 6.12. The minimum atomic E-state index is 0.303. The maximum Gasteiger partial charge on any atom is 0.213 e. The van der Waals surface area contributed by atoms with Crippen molar-refractivity contribution >= 4 is 0 Å². The van der Waals surface area contributed by atoms with Gasteiger partial charge < -0.3 is 9.64 Å². The molecule has 4 nitrogen and oxygen atoms in total. The fraction of sp³-hybridized carbons (Fsp3) is 0.522. The van der Waals surface area contributed by atoms with E-state index in [0.717, 1.165) is 57.9 Å². The second-order valence-electron chi connectivity index (χ2n) is 8.18. The number of hydrogen-bond donors (Lipinski definition) is 0. The van der Waals surface area contributed by atoms with E-state index < -0.39 is 0 Å². The van der Waals surface area contributed by atoms with Crippen LogP contribution >= 0.6 is 0 Å². The summed E-state index contributed by atoms with van der Waals surface area (Å²) in [5.41, 5.74) is 4.22. The molecule has 4 rings (SSSR count). The van der Waals surface area contributed by atoms with Crippen LogP contribution < -0.4 is 4.74 Å². The molecular formula is C23H31N3O. The summed E-state index contributed by atoms with van der Waals surface area (Å²) in [5, 5.41) is 0. The van der Waals surface area contributed by atoms with E-state index in [-0.39, 0.29) is 0 Å². The molecule has 144 valence electrons. The molecule has 0 saturated carbocycles. The van der Waals surface area contributed by atoms with E-state index in [1.54, 1.807) is 0 Å². The van der Waals surface area contributed by atoms with Crippen molar-refractivity contribution in [2.75, 3.05) is 19.6 Å². The van der Waals surface area contributed by atoms with Gasteiger partial charge in [0, 0.05) is 51.0 Å². The molecule has 0 atom stereocenters. The molecule has 4 heteroatoms. The van der Waals surface area contributed by atoms with Crippen LogP contribution in [0.15, 0.2) is 42.6 Å². The number of pyridine rings is 1. The number of piperidine rings is 1. The minimum absolute atomic E-state index is 0.303. The quantitative estimate of drug-likeness (QED) is 0.804. The Morgan fingerprint density at radius 2 is 1.81 bits per heavy atom. The number of rotatable bonds is 5. The lowest BCUT2D eigenvalue weighted by molar-refractivity contribution is 0.0812. The Balaban J connectivity index is 1.28. The highest BCUT2D eigenvalue weighted by Crippen LogP contribution is 2.22. The van der Waals surface area contributed by atoms with E-state index >= 15 is 0 Å². The van der Waals surface area contributed by atoms with E-state index in [0.29, 0.717) is 12.1 Å². The molecule has 0 amide bonds. The molecule has 0 radical (unpaired) electrons. The van der Waals surface area contributed by atoms with Gasteiger partial charge in [0.25, 0.3) is 0 Å². The van der Waals surface area contributed by atoms with Crippen LogP contribution in [-0.2, 0) is 19.5 Å². The van der Waals surface area contributed by atoms with Crippen LogP contribution in [-0.4, -0.2) is 46.6 Å². The highest BCUT2D eigenvalue weighted by atomic mass is 16.5. The van der Waals surface area contributed by atoms with E-state index in [2.05, 4.69) is 59.0 Å². The van der Waals surface area contributed by atoms with Crippen LogP contribution in [0.25, 0.3) is 0 Å². The lowest BCUT2D eigenvalue weighted by atomic mass is 10.00. The summed E-state index contributed by atoms with van der Waals surface area (Å²) in [5.74, 6) is 0.769. The smallest absolute Gasteiger partial charge is 0.213 e. The van der Waals surface area contributed by atoms with Crippen LogP contribution in [0.5, 0.6) is 5.88 Å². The van der Waals surface area contributed by atoms with Crippen molar-refractivity contribution in [3.05, 3.63) is 59.3 Å². The number of nitrogens with zero attached hydrogens (tertiary/aromatic N) is 3. The first kappa shape index (κ1) is 18.5. The third kappa shape index (κ3) is 4.69. The van der Waals surface area contributed by atoms with Gasteiger partial charge in [0.15, 0.2) is 0 Å². The molecule has 1 saturated heterocycles. The first-order chi connectivity index (χ1) is 13.2. The zero-order valence-corrected chi connectivity index (χ0v) is 16.6. The highest BCUT2D eigenvalue weighted by Gasteiger charge is 2.22. The van der Waals surface area contributed by atoms with Crippen molar-refractivity contribution in [2.24, 2.45) is 0 Å². The molecule has 2 aliphatic rings. The van der Waals surface area contributed by atoms with Crippen LogP contribution in [0.1, 0.15) is 43.4 Å². The van der Waals surface area contributed by atoms with E-state index in [4.69, 9.17) is 4.74 Å². The van der Waals surface area contributed by atoms with Crippen LogP contribution in [0, 0.1) is 0 Å². The summed E-state index contributed by atoms with van der Waals surface area (Å²) in [6.07, 6.45) is 5.61. The maximum absolute atomic E-state index is 6.12. The van der Waals surface area contributed by atoms with Gasteiger partial charge in [0.1, 0.15) is 6.10 Å². The SMILES string of the molecule is CC(C)N1CCC(Oc2ccc(CN3CCc4ccccc4C3)cn2)CC1. The first-order valence-corrected chi connectivity index (χ1v) is 10.3. The van der Waals surface area contributed by atoms with Gasteiger partial charge in [0.05, 0.1) is 0 Å². The summed E-state index contributed by atoms with van der Waals surface area (Å²) in [4.78, 5) is 9.60. The summed E-state index contributed by atoms with van der Waals surface area (Å²) < 4.78 is 6.12. The number of hydrogen-bond acceptors (Lipinski definition) is 4. The summed E-state index contributed by atoms with van der Waals surface area (Å²) in [6.45, 7) is 9.87. The standard InChI is InChI=1S/C23H31N3O/c1-18(2)26-13-10-22(11-14-26)27-23-8-7-19(15-24-23)16-25-12-9-20-5-3-4-6-21(20)17-25/h3-8,15,18,22H,9-14,16-17H2,1-2H3. The molecule has 0 unspecified atom stereocenters. The lowest BCUT2D eigenvalue weighted by Gasteiger charge is -2.34. The van der Waals surface area contributed by atoms with Crippen molar-refractivity contribution < 1.29 is 4.74 Å². The first-order valence-electron chi connectivity index (χ1n) is 10.3. The number of ether oxygens (including phenoxy) is 1. The Kier molecular flexibility index (Phi) is 5.74. The largest absolute Gasteiger partial charge is 0.474 e. The third-order valence-corrected chi connectivity index (χ3v) is 5.91. The van der Waals surface area contributed by atoms with Gasteiger partial charge >= 0.3 is 0 Å². The Labute approximate surface area is 163 Å². The molecule has 2 aliphatic heterocycles. The van der Waals surface area contributed by atoms with E-state index in [1.807, 2.05) is 12.3 Å². The molecule has 0 spiro atoms. The zero-order valence-electron chi connectivity index (χ0n) is 16.6. The molecule has 1 aromatic carbocycles. The average Bonchev–Trinajstić information content (AvgIpc) is 2.70. The van der Waals surface area contributed by atoms with E-state index in [1.165, 1.54) is 16.7 Å². The average molecular weight is 366 g/mol. The Bertz CT molecular complexity index is 736. The molecule has 0 aliphatic carbocycles. The number of benzene rings is 1. The molecule has 1 fully saturated rings. The van der Waals surface area contributed by atoms with Gasteiger partial charge in [-0.2, -0.15) is 0 Å². The van der Waals surface area contributed by atoms with Crippen molar-refractivity contribution in [3.63, 3.8) is 0 Å². The molecule has 2 aromatic rings. The van der Waals surface area contributed by atoms with Gasteiger partial charge in [-0.1, -0.05) is 30.3 Å². The molecule has 0 N–H and O–H groups in total. The van der Waals surface area contributed by atoms with Crippen molar-refractivity contribution in [1.82, 2.24) is 14.8 Å². The minimum Gasteiger partial charge on any atom is -0.474 e. The predicted octanol–water partition coefficient (Wildman–Crippen LogP) is 3.89. The molecular weight excluding hydrogens is 334 g/mol. The fourth-order valence-corrected chi connectivity index (χ4v) is 4.20. The van der Waals surface area contributed by atoms with Gasteiger partial charge in [-0.05, 0) is 49.8 Å². The van der Waals surface area contributed by atoms with Crippen LogP contribution in [0.4, 0.5) is 0 Å². The number of aromatic nitrogens is 1. The normalized spacial score (nSPS) is 19.2. The van der Waals surface area contributed by atoms with Crippen molar-refractivity contribution in [3.8, 4) is 5.88 Å². The van der Waals surface area contributed by atoms with Gasteiger partial charge in [-0.15, -0.1) is 0 Å². The highest BCUT2D eigenvalue weighted by molar-refractivity contribution is 5.29. The van der Waals surface area contributed by atoms with Crippen LogP contribution in [0.3, 0.4) is 0 Å². The Hall–Kier alpha value is -1.91. The van der Waals surface area contributed by atoms with Crippen molar-refractivity contribution in [1.29, 1.82) is 0 Å². The monoisotopic (exact) mass is 365 g/mol. The number of fused-ring (bicyclic) bond motifs is 1. The van der Waals surface area contributed by atoms with Crippen LogP contribution in [0.2, 0.25) is 0 Å².